The minimum atomic E-state index is -1.24. The highest BCUT2D eigenvalue weighted by molar-refractivity contribution is 9.10. The largest absolute Gasteiger partial charge is 0.506 e. The van der Waals surface area contributed by atoms with Crippen molar-refractivity contribution >= 4 is 45.0 Å². The zero-order chi connectivity index (χ0) is 15.6. The van der Waals surface area contributed by atoms with Crippen LogP contribution < -0.4 is 4.90 Å². The number of anilines is 1. The summed E-state index contributed by atoms with van der Waals surface area (Å²) in [5.74, 6) is -0.165. The van der Waals surface area contributed by atoms with E-state index in [1.165, 1.54) is 12.1 Å². The Morgan fingerprint density at radius 3 is 2.33 bits per heavy atom. The smallest absolute Gasteiger partial charge is 0.416 e. The molecule has 0 aliphatic rings. The van der Waals surface area contributed by atoms with Gasteiger partial charge >= 0.3 is 6.09 Å². The Labute approximate surface area is 135 Å². The van der Waals surface area contributed by atoms with Crippen molar-refractivity contribution in [3.8, 4) is 5.75 Å². The first-order valence-corrected chi connectivity index (χ1v) is 7.03. The van der Waals surface area contributed by atoms with Crippen molar-refractivity contribution in [3.05, 3.63) is 64.1 Å². The van der Waals surface area contributed by atoms with Crippen LogP contribution in [0.1, 0.15) is 5.56 Å². The van der Waals surface area contributed by atoms with Gasteiger partial charge in [0.15, 0.2) is 0 Å². The summed E-state index contributed by atoms with van der Waals surface area (Å²) in [7, 11) is 0. The molecule has 0 bridgehead atoms. The highest BCUT2D eigenvalue weighted by Gasteiger charge is 2.22. The predicted octanol–water partition coefficient (Wildman–Crippen LogP) is 4.96. The maximum Gasteiger partial charge on any atom is 0.416 e. The molecule has 0 radical (unpaired) electrons. The molecule has 0 saturated carbocycles. The summed E-state index contributed by atoms with van der Waals surface area (Å²) in [6.07, 6.45) is -1.24. The van der Waals surface area contributed by atoms with E-state index in [-0.39, 0.29) is 17.1 Å². The van der Waals surface area contributed by atoms with Gasteiger partial charge in [-0.05, 0) is 35.9 Å². The van der Waals surface area contributed by atoms with Crippen LogP contribution in [0.15, 0.2) is 53.5 Å². The van der Waals surface area contributed by atoms with Gasteiger partial charge in [0.25, 0.3) is 0 Å². The third-order valence-electron chi connectivity index (χ3n) is 2.82. The van der Waals surface area contributed by atoms with Crippen LogP contribution in [0.4, 0.5) is 10.5 Å². The van der Waals surface area contributed by atoms with Gasteiger partial charge in [-0.3, -0.25) is 0 Å². The molecule has 4 nitrogen and oxygen atoms in total. The third-order valence-corrected chi connectivity index (χ3v) is 3.56. The number of amides is 1. The van der Waals surface area contributed by atoms with E-state index in [0.717, 1.165) is 4.90 Å². The van der Waals surface area contributed by atoms with Crippen molar-refractivity contribution in [3.63, 3.8) is 0 Å². The minimum absolute atomic E-state index is 0.130. The first kappa shape index (κ1) is 15.4. The van der Waals surface area contributed by atoms with Crippen LogP contribution in [0.3, 0.4) is 0 Å². The number of nitrogens with zero attached hydrogens (tertiary/aromatic N) is 1. The molecule has 21 heavy (non-hydrogen) atoms. The van der Waals surface area contributed by atoms with Crippen LogP contribution in [0.25, 0.3) is 5.70 Å². The highest BCUT2D eigenvalue weighted by atomic mass is 79.9. The van der Waals surface area contributed by atoms with E-state index in [0.29, 0.717) is 15.1 Å². The summed E-state index contributed by atoms with van der Waals surface area (Å²) in [6.45, 7) is 3.80. The van der Waals surface area contributed by atoms with Gasteiger partial charge in [0.1, 0.15) is 5.75 Å². The summed E-state index contributed by atoms with van der Waals surface area (Å²) in [5.41, 5.74) is 0.937. The molecule has 2 aromatic carbocycles. The van der Waals surface area contributed by atoms with E-state index in [1.807, 2.05) is 0 Å². The van der Waals surface area contributed by atoms with Crippen molar-refractivity contribution in [2.45, 2.75) is 0 Å². The van der Waals surface area contributed by atoms with E-state index in [1.54, 1.807) is 30.3 Å². The van der Waals surface area contributed by atoms with Crippen molar-refractivity contribution in [2.75, 3.05) is 4.90 Å². The van der Waals surface area contributed by atoms with Crippen molar-refractivity contribution in [1.29, 1.82) is 0 Å². The Kier molecular flexibility index (Phi) is 4.55. The van der Waals surface area contributed by atoms with Gasteiger partial charge in [0, 0.05) is 9.50 Å². The van der Waals surface area contributed by atoms with Crippen LogP contribution in [0.5, 0.6) is 5.75 Å². The Hall–Kier alpha value is -1.98. The zero-order valence-electron chi connectivity index (χ0n) is 10.8. The van der Waals surface area contributed by atoms with Gasteiger partial charge in [-0.2, -0.15) is 0 Å². The average molecular weight is 369 g/mol. The average Bonchev–Trinajstić information content (AvgIpc) is 2.42. The minimum Gasteiger partial charge on any atom is -0.506 e. The zero-order valence-corrected chi connectivity index (χ0v) is 13.1. The van der Waals surface area contributed by atoms with Gasteiger partial charge in [0.05, 0.1) is 11.4 Å². The SMILES string of the molecule is C=C(c1ccc(Cl)cc1)N(C(=O)O)c1ccc(Br)cc1O. The third kappa shape index (κ3) is 3.37. The van der Waals surface area contributed by atoms with Gasteiger partial charge in [-0.15, -0.1) is 0 Å². The summed E-state index contributed by atoms with van der Waals surface area (Å²) in [4.78, 5) is 12.5. The predicted molar refractivity (Wildman–Crippen MR) is 86.8 cm³/mol. The second kappa shape index (κ2) is 6.20. The first-order valence-electron chi connectivity index (χ1n) is 5.86. The lowest BCUT2D eigenvalue weighted by atomic mass is 10.1. The number of phenolic OH excluding ortho intramolecular Hbond substituents is 1. The molecule has 0 spiro atoms. The van der Waals surface area contributed by atoms with Gasteiger partial charge in [0.2, 0.25) is 0 Å². The summed E-state index contributed by atoms with van der Waals surface area (Å²) < 4.78 is 0.645. The summed E-state index contributed by atoms with van der Waals surface area (Å²) >= 11 is 9.02. The number of aromatic hydroxyl groups is 1. The number of halogens is 2. The Bertz CT molecular complexity index is 701. The lowest BCUT2D eigenvalue weighted by Gasteiger charge is -2.22. The topological polar surface area (TPSA) is 60.8 Å². The Morgan fingerprint density at radius 1 is 1.19 bits per heavy atom. The standard InChI is InChI=1S/C15H11BrClNO3/c1-9(10-2-5-12(17)6-3-10)18(15(20)21)13-7-4-11(16)8-14(13)19/h2-8,19H,1H2,(H,20,21). The van der Waals surface area contributed by atoms with Crippen molar-refractivity contribution in [1.82, 2.24) is 0 Å². The van der Waals surface area contributed by atoms with E-state index in [9.17, 15) is 15.0 Å². The molecule has 0 saturated heterocycles. The Morgan fingerprint density at radius 2 is 1.81 bits per heavy atom. The van der Waals surface area contributed by atoms with E-state index in [2.05, 4.69) is 22.5 Å². The molecule has 108 valence electrons. The second-order valence-corrected chi connectivity index (χ2v) is 5.56. The number of rotatable bonds is 3. The number of carboxylic acid groups (broad SMARTS) is 1. The molecule has 0 atom stereocenters. The fourth-order valence-corrected chi connectivity index (χ4v) is 2.30. The molecule has 2 rings (SSSR count). The second-order valence-electron chi connectivity index (χ2n) is 4.20. The molecule has 0 aromatic heterocycles. The fourth-order valence-electron chi connectivity index (χ4n) is 1.82. The fraction of sp³-hybridized carbons (Fsp3) is 0. The lowest BCUT2D eigenvalue weighted by Crippen LogP contribution is -2.27. The monoisotopic (exact) mass is 367 g/mol. The molecular weight excluding hydrogens is 358 g/mol. The number of carbonyl (C=O) groups is 1. The van der Waals surface area contributed by atoms with Crippen molar-refractivity contribution < 1.29 is 15.0 Å². The molecule has 0 aliphatic heterocycles. The van der Waals surface area contributed by atoms with Gasteiger partial charge in [-0.1, -0.05) is 46.2 Å². The van der Waals surface area contributed by atoms with E-state index >= 15 is 0 Å². The molecular formula is C15H11BrClNO3. The Balaban J connectivity index is 2.46. The number of hydrogen-bond acceptors (Lipinski definition) is 2. The highest BCUT2D eigenvalue weighted by Crippen LogP contribution is 2.34. The van der Waals surface area contributed by atoms with Gasteiger partial charge < -0.3 is 10.2 Å². The lowest BCUT2D eigenvalue weighted by molar-refractivity contribution is 0.205. The van der Waals surface area contributed by atoms with E-state index in [4.69, 9.17) is 11.6 Å². The number of hydrogen-bond donors (Lipinski definition) is 2. The summed E-state index contributed by atoms with van der Waals surface area (Å²) in [5, 5.41) is 19.9. The van der Waals surface area contributed by atoms with Gasteiger partial charge in [-0.25, -0.2) is 9.69 Å². The number of phenols is 1. The van der Waals surface area contributed by atoms with Crippen LogP contribution in [0, 0.1) is 0 Å². The first-order chi connectivity index (χ1) is 9.90. The maximum absolute atomic E-state index is 11.5. The van der Waals surface area contributed by atoms with E-state index < -0.39 is 6.09 Å². The summed E-state index contributed by atoms with van der Waals surface area (Å²) in [6, 6.07) is 11.2. The molecule has 6 heteroatoms. The molecule has 1 amide bonds. The molecule has 0 aliphatic carbocycles. The maximum atomic E-state index is 11.5. The molecule has 0 unspecified atom stereocenters. The van der Waals surface area contributed by atoms with Crippen LogP contribution in [-0.4, -0.2) is 16.3 Å². The number of benzene rings is 2. The molecule has 0 fully saturated rings. The normalized spacial score (nSPS) is 10.2. The molecule has 2 aromatic rings. The van der Waals surface area contributed by atoms with Crippen LogP contribution in [0.2, 0.25) is 5.02 Å². The van der Waals surface area contributed by atoms with Crippen molar-refractivity contribution in [2.24, 2.45) is 0 Å². The molecule has 2 N–H and O–H groups in total. The molecule has 0 heterocycles. The quantitative estimate of drug-likeness (QED) is 0.804. The van der Waals surface area contributed by atoms with Crippen LogP contribution >= 0.6 is 27.5 Å². The van der Waals surface area contributed by atoms with Crippen LogP contribution in [-0.2, 0) is 0 Å².